The number of pyridine rings is 1. The number of carboxylic acids is 1. The van der Waals surface area contributed by atoms with Crippen molar-refractivity contribution in [2.75, 3.05) is 4.90 Å². The molecule has 5 rings (SSSR count). The molecule has 0 atom stereocenters. The van der Waals surface area contributed by atoms with Crippen molar-refractivity contribution in [2.24, 2.45) is 0 Å². The second-order valence-electron chi connectivity index (χ2n) is 8.63. The number of aromatic carboxylic acids is 1. The number of carbonyl (C=O) groups is 2. The third-order valence-electron chi connectivity index (χ3n) is 6.08. The molecule has 0 saturated heterocycles. The normalized spacial score (nSPS) is 12.9. The number of aromatic nitrogens is 4. The summed E-state index contributed by atoms with van der Waals surface area (Å²) < 4.78 is 1.94. The highest BCUT2D eigenvalue weighted by atomic mass is 16.4. The molecule has 170 valence electrons. The Morgan fingerprint density at radius 2 is 1.82 bits per heavy atom. The Morgan fingerprint density at radius 1 is 1.06 bits per heavy atom. The third kappa shape index (κ3) is 3.63. The molecule has 4 aromatic rings. The summed E-state index contributed by atoms with van der Waals surface area (Å²) in [4.78, 5) is 31.2. The molecule has 34 heavy (non-hydrogen) atoms. The molecular formula is C26H23N5O3. The monoisotopic (exact) mass is 453 g/mol. The number of hydrogen-bond donors (Lipinski definition) is 1. The fraction of sp³-hybridized carbons (Fsp3) is 0.192. The highest BCUT2D eigenvalue weighted by Gasteiger charge is 2.30. The first kappa shape index (κ1) is 21.5. The van der Waals surface area contributed by atoms with Gasteiger partial charge < -0.3 is 9.67 Å². The molecule has 1 N–H and O–H groups in total. The molecule has 0 fully saturated rings. The number of amides is 1. The average molecular weight is 454 g/mol. The standard InChI is InChI=1S/C26H23N5O3/c1-15(2)31-14-27-29-24(31)22-5-4-6-23(28-22)30-13-19-10-9-18(12-21(19)25(30)32)17-8-7-16(3)20(11-17)26(33)34/h4-12,14-15H,13H2,1-3H3,(H,33,34). The SMILES string of the molecule is Cc1ccc(-c2ccc3c(c2)C(=O)N(c2cccc(-c4nncn4C(C)C)n2)C3)cc1C(=O)O. The van der Waals surface area contributed by atoms with E-state index in [1.54, 1.807) is 30.3 Å². The first-order chi connectivity index (χ1) is 16.3. The highest BCUT2D eigenvalue weighted by Crippen LogP contribution is 2.32. The Hall–Kier alpha value is -4.33. The van der Waals surface area contributed by atoms with Crippen molar-refractivity contribution in [3.05, 3.63) is 83.2 Å². The summed E-state index contributed by atoms with van der Waals surface area (Å²) in [6.45, 7) is 6.27. The summed E-state index contributed by atoms with van der Waals surface area (Å²) in [7, 11) is 0. The second-order valence-corrected chi connectivity index (χ2v) is 8.63. The average Bonchev–Trinajstić information content (AvgIpc) is 3.44. The summed E-state index contributed by atoms with van der Waals surface area (Å²) >= 11 is 0. The Morgan fingerprint density at radius 3 is 2.59 bits per heavy atom. The molecule has 1 aliphatic rings. The quantitative estimate of drug-likeness (QED) is 0.468. The number of hydrogen-bond acceptors (Lipinski definition) is 5. The first-order valence-electron chi connectivity index (χ1n) is 11.0. The van der Waals surface area contributed by atoms with Crippen LogP contribution in [0.15, 0.2) is 60.9 Å². The summed E-state index contributed by atoms with van der Waals surface area (Å²) in [5, 5.41) is 17.7. The van der Waals surface area contributed by atoms with Crippen LogP contribution in [0.1, 0.15) is 51.7 Å². The van der Waals surface area contributed by atoms with Crippen molar-refractivity contribution in [1.82, 2.24) is 19.7 Å². The molecule has 1 aliphatic heterocycles. The van der Waals surface area contributed by atoms with Crippen molar-refractivity contribution in [3.63, 3.8) is 0 Å². The van der Waals surface area contributed by atoms with Gasteiger partial charge in [0, 0.05) is 11.6 Å². The zero-order valence-corrected chi connectivity index (χ0v) is 19.1. The largest absolute Gasteiger partial charge is 0.478 e. The van der Waals surface area contributed by atoms with Crippen molar-refractivity contribution in [2.45, 2.75) is 33.4 Å². The summed E-state index contributed by atoms with van der Waals surface area (Å²) in [6.07, 6.45) is 1.67. The van der Waals surface area contributed by atoms with Gasteiger partial charge in [0.1, 0.15) is 17.8 Å². The van der Waals surface area contributed by atoms with E-state index in [2.05, 4.69) is 10.2 Å². The van der Waals surface area contributed by atoms with Gasteiger partial charge in [-0.05, 0) is 67.3 Å². The topological polar surface area (TPSA) is 101 Å². The van der Waals surface area contributed by atoms with E-state index >= 15 is 0 Å². The molecule has 0 radical (unpaired) electrons. The van der Waals surface area contributed by atoms with E-state index in [-0.39, 0.29) is 17.5 Å². The minimum absolute atomic E-state index is 0.141. The minimum atomic E-state index is -0.970. The Bertz CT molecular complexity index is 1440. The zero-order valence-electron chi connectivity index (χ0n) is 19.1. The van der Waals surface area contributed by atoms with E-state index in [0.717, 1.165) is 16.7 Å². The lowest BCUT2D eigenvalue weighted by atomic mass is 9.97. The van der Waals surface area contributed by atoms with E-state index in [9.17, 15) is 14.7 Å². The predicted octanol–water partition coefficient (Wildman–Crippen LogP) is 4.76. The fourth-order valence-electron chi connectivity index (χ4n) is 4.20. The molecule has 8 heteroatoms. The van der Waals surface area contributed by atoms with Crippen LogP contribution in [0.3, 0.4) is 0 Å². The first-order valence-corrected chi connectivity index (χ1v) is 11.0. The van der Waals surface area contributed by atoms with Gasteiger partial charge in [-0.1, -0.05) is 30.3 Å². The maximum Gasteiger partial charge on any atom is 0.335 e. The third-order valence-corrected chi connectivity index (χ3v) is 6.08. The van der Waals surface area contributed by atoms with E-state index in [0.29, 0.717) is 35.0 Å². The van der Waals surface area contributed by atoms with Crippen molar-refractivity contribution < 1.29 is 14.7 Å². The number of anilines is 1. The number of carboxylic acid groups (broad SMARTS) is 1. The summed E-state index contributed by atoms with van der Waals surface area (Å²) in [5.74, 6) is 0.0818. The van der Waals surface area contributed by atoms with Crippen LogP contribution in [-0.4, -0.2) is 36.7 Å². The molecule has 0 aliphatic carbocycles. The number of nitrogens with zero attached hydrogens (tertiary/aromatic N) is 5. The lowest BCUT2D eigenvalue weighted by molar-refractivity contribution is 0.0696. The van der Waals surface area contributed by atoms with Gasteiger partial charge in [0.05, 0.1) is 12.1 Å². The molecule has 2 aromatic heterocycles. The lowest BCUT2D eigenvalue weighted by Crippen LogP contribution is -2.24. The van der Waals surface area contributed by atoms with E-state index in [1.807, 2.05) is 60.9 Å². The number of rotatable bonds is 5. The fourth-order valence-corrected chi connectivity index (χ4v) is 4.20. The van der Waals surface area contributed by atoms with Crippen molar-refractivity contribution in [3.8, 4) is 22.6 Å². The molecule has 0 bridgehead atoms. The van der Waals surface area contributed by atoms with Crippen molar-refractivity contribution in [1.29, 1.82) is 0 Å². The number of carbonyl (C=O) groups excluding carboxylic acids is 1. The molecule has 0 unspecified atom stereocenters. The molecule has 1 amide bonds. The number of benzene rings is 2. The molecular weight excluding hydrogens is 430 g/mol. The van der Waals surface area contributed by atoms with Gasteiger partial charge in [0.15, 0.2) is 5.82 Å². The van der Waals surface area contributed by atoms with Crippen LogP contribution in [0.25, 0.3) is 22.6 Å². The minimum Gasteiger partial charge on any atom is -0.478 e. The molecule has 0 saturated carbocycles. The second kappa shape index (κ2) is 8.22. The van der Waals surface area contributed by atoms with Gasteiger partial charge in [-0.25, -0.2) is 9.78 Å². The van der Waals surface area contributed by atoms with Crippen LogP contribution >= 0.6 is 0 Å². The summed E-state index contributed by atoms with van der Waals surface area (Å²) in [6, 6.07) is 16.7. The van der Waals surface area contributed by atoms with Crippen LogP contribution < -0.4 is 4.90 Å². The van der Waals surface area contributed by atoms with Crippen LogP contribution in [0.2, 0.25) is 0 Å². The van der Waals surface area contributed by atoms with Crippen molar-refractivity contribution >= 4 is 17.7 Å². The Balaban J connectivity index is 1.48. The summed E-state index contributed by atoms with van der Waals surface area (Å²) in [5.41, 5.74) is 4.63. The van der Waals surface area contributed by atoms with Gasteiger partial charge >= 0.3 is 5.97 Å². The lowest BCUT2D eigenvalue weighted by Gasteiger charge is -2.16. The number of aryl methyl sites for hydroxylation is 1. The predicted molar refractivity (Wildman–Crippen MR) is 128 cm³/mol. The smallest absolute Gasteiger partial charge is 0.335 e. The van der Waals surface area contributed by atoms with Crippen LogP contribution in [0.4, 0.5) is 5.82 Å². The van der Waals surface area contributed by atoms with Crippen LogP contribution in [0.5, 0.6) is 0 Å². The van der Waals surface area contributed by atoms with Gasteiger partial charge in [-0.15, -0.1) is 10.2 Å². The van der Waals surface area contributed by atoms with Gasteiger partial charge in [-0.2, -0.15) is 0 Å². The Kier molecular flexibility index (Phi) is 5.20. The zero-order chi connectivity index (χ0) is 24.0. The highest BCUT2D eigenvalue weighted by molar-refractivity contribution is 6.10. The maximum absolute atomic E-state index is 13.3. The Labute approximate surface area is 196 Å². The number of fused-ring (bicyclic) bond motifs is 1. The van der Waals surface area contributed by atoms with E-state index < -0.39 is 5.97 Å². The van der Waals surface area contributed by atoms with E-state index in [4.69, 9.17) is 4.98 Å². The molecule has 8 nitrogen and oxygen atoms in total. The maximum atomic E-state index is 13.3. The molecule has 0 spiro atoms. The van der Waals surface area contributed by atoms with E-state index in [1.165, 1.54) is 0 Å². The van der Waals surface area contributed by atoms with Crippen LogP contribution in [-0.2, 0) is 6.54 Å². The van der Waals surface area contributed by atoms with Gasteiger partial charge in [-0.3, -0.25) is 9.69 Å². The molecule has 3 heterocycles. The molecule has 2 aromatic carbocycles. The van der Waals surface area contributed by atoms with Gasteiger partial charge in [0.2, 0.25) is 0 Å². The van der Waals surface area contributed by atoms with Crippen LogP contribution in [0, 0.1) is 6.92 Å². The van der Waals surface area contributed by atoms with Gasteiger partial charge in [0.25, 0.3) is 5.91 Å².